The average Bonchev–Trinajstić information content (AvgIpc) is 3.39. The third kappa shape index (κ3) is 43.6. The highest BCUT2D eigenvalue weighted by Gasteiger charge is 2.44. The summed E-state index contributed by atoms with van der Waals surface area (Å²) in [6.45, 7) is 3.83. The van der Waals surface area contributed by atoms with E-state index < -0.39 is 49.5 Å². The lowest BCUT2D eigenvalue weighted by Crippen LogP contribution is -2.60. The normalized spacial score (nSPS) is 19.0. The molecule has 1 saturated heterocycles. The number of carbonyl (C=O) groups excluding carboxylic acids is 1. The van der Waals surface area contributed by atoms with Crippen molar-refractivity contribution in [1.82, 2.24) is 5.32 Å². The van der Waals surface area contributed by atoms with Crippen molar-refractivity contribution in [1.29, 1.82) is 0 Å². The van der Waals surface area contributed by atoms with Gasteiger partial charge in [0.25, 0.3) is 0 Å². The quantitative estimate of drug-likeness (QED) is 0.0261. The van der Waals surface area contributed by atoms with Gasteiger partial charge >= 0.3 is 0 Å². The van der Waals surface area contributed by atoms with Gasteiger partial charge in [-0.3, -0.25) is 4.79 Å². The molecule has 1 aliphatic rings. The Bertz CT molecular complexity index is 1150. The van der Waals surface area contributed by atoms with E-state index in [1.807, 2.05) is 6.08 Å². The SMILES string of the molecule is CCCCCCCCCCCCCCCCCCC/C=C/C(O)C(COC1OC(CO)C(O)C(O)C1O)NC(=O)CCCCCCCCCCCCCCCCCCCCCCCCCCCCCCCCC. The number of aliphatic hydroxyl groups is 5. The largest absolute Gasteiger partial charge is 0.394 e. The molecule has 7 atom stereocenters. The molecular weight excluding hydrogens is 911 g/mol. The Morgan fingerprint density at radius 1 is 0.452 bits per heavy atom. The van der Waals surface area contributed by atoms with Gasteiger partial charge in [0.05, 0.1) is 25.4 Å². The van der Waals surface area contributed by atoms with E-state index in [1.54, 1.807) is 6.08 Å². The number of aliphatic hydroxyl groups excluding tert-OH is 5. The lowest BCUT2D eigenvalue weighted by molar-refractivity contribution is -0.302. The molecule has 434 valence electrons. The summed E-state index contributed by atoms with van der Waals surface area (Å²) < 4.78 is 11.3. The molecule has 0 spiro atoms. The van der Waals surface area contributed by atoms with E-state index in [2.05, 4.69) is 19.2 Å². The van der Waals surface area contributed by atoms with E-state index in [9.17, 15) is 30.3 Å². The third-order valence-corrected chi connectivity index (χ3v) is 15.9. The van der Waals surface area contributed by atoms with Gasteiger partial charge in [-0.15, -0.1) is 0 Å². The molecule has 0 radical (unpaired) electrons. The zero-order valence-electron chi connectivity index (χ0n) is 48.4. The molecule has 1 aliphatic heterocycles. The summed E-state index contributed by atoms with van der Waals surface area (Å²) >= 11 is 0. The summed E-state index contributed by atoms with van der Waals surface area (Å²) in [7, 11) is 0. The molecule has 0 aromatic heterocycles. The summed E-state index contributed by atoms with van der Waals surface area (Å²) in [5.74, 6) is -0.168. The molecular formula is C64H125NO8. The summed E-state index contributed by atoms with van der Waals surface area (Å²) in [6.07, 6.45) is 61.6. The van der Waals surface area contributed by atoms with E-state index in [0.717, 1.165) is 38.5 Å². The van der Waals surface area contributed by atoms with Crippen molar-refractivity contribution in [3.63, 3.8) is 0 Å². The van der Waals surface area contributed by atoms with Gasteiger partial charge in [-0.25, -0.2) is 0 Å². The van der Waals surface area contributed by atoms with Gasteiger partial charge in [0.15, 0.2) is 6.29 Å². The van der Waals surface area contributed by atoms with Crippen LogP contribution >= 0.6 is 0 Å². The van der Waals surface area contributed by atoms with Gasteiger partial charge in [0, 0.05) is 6.42 Å². The number of unbranched alkanes of at least 4 members (excludes halogenated alkanes) is 47. The van der Waals surface area contributed by atoms with E-state index in [-0.39, 0.29) is 12.5 Å². The van der Waals surface area contributed by atoms with Crippen LogP contribution in [0, 0.1) is 0 Å². The minimum absolute atomic E-state index is 0.168. The van der Waals surface area contributed by atoms with Crippen LogP contribution in [0.3, 0.4) is 0 Å². The Labute approximate surface area is 452 Å². The summed E-state index contributed by atoms with van der Waals surface area (Å²) in [5.41, 5.74) is 0. The smallest absolute Gasteiger partial charge is 0.220 e. The fourth-order valence-corrected chi connectivity index (χ4v) is 10.8. The molecule has 0 aromatic carbocycles. The maximum Gasteiger partial charge on any atom is 0.220 e. The van der Waals surface area contributed by atoms with Crippen molar-refractivity contribution >= 4 is 5.91 Å². The fraction of sp³-hybridized carbons (Fsp3) is 0.953. The van der Waals surface area contributed by atoms with E-state index >= 15 is 0 Å². The van der Waals surface area contributed by atoms with Crippen LogP contribution in [-0.2, 0) is 14.3 Å². The van der Waals surface area contributed by atoms with Crippen molar-refractivity contribution in [3.8, 4) is 0 Å². The number of rotatable bonds is 57. The van der Waals surface area contributed by atoms with Gasteiger partial charge in [0.1, 0.15) is 24.4 Å². The molecule has 0 bridgehead atoms. The zero-order valence-corrected chi connectivity index (χ0v) is 48.4. The number of hydrogen-bond acceptors (Lipinski definition) is 8. The molecule has 0 saturated carbocycles. The standard InChI is InChI=1S/C64H125NO8/c1-3-5-7-9-11-13-15-17-19-21-23-24-25-26-27-28-29-30-31-32-33-34-36-38-40-42-44-46-48-50-52-54-60(68)65-57(56-72-64-63(71)62(70)61(69)59(55-66)73-64)58(67)53-51-49-47-45-43-41-39-37-35-22-20-18-16-14-12-10-8-6-4-2/h51,53,57-59,61-64,66-67,69-71H,3-50,52,54-56H2,1-2H3,(H,65,68)/b53-51+. The van der Waals surface area contributed by atoms with Crippen molar-refractivity contribution in [2.75, 3.05) is 13.2 Å². The van der Waals surface area contributed by atoms with Crippen molar-refractivity contribution in [3.05, 3.63) is 12.2 Å². The molecule has 1 amide bonds. The maximum atomic E-state index is 13.1. The fourth-order valence-electron chi connectivity index (χ4n) is 10.8. The first kappa shape index (κ1) is 69.9. The van der Waals surface area contributed by atoms with Crippen LogP contribution in [0.15, 0.2) is 12.2 Å². The lowest BCUT2D eigenvalue weighted by Gasteiger charge is -2.40. The maximum absolute atomic E-state index is 13.1. The van der Waals surface area contributed by atoms with Crippen LogP contribution in [0.4, 0.5) is 0 Å². The van der Waals surface area contributed by atoms with Crippen LogP contribution in [-0.4, -0.2) is 87.5 Å². The molecule has 9 heteroatoms. The molecule has 1 heterocycles. The van der Waals surface area contributed by atoms with E-state index in [1.165, 1.54) is 276 Å². The Balaban J connectivity index is 2.12. The Morgan fingerprint density at radius 2 is 0.753 bits per heavy atom. The molecule has 1 rings (SSSR count). The molecule has 1 fully saturated rings. The zero-order chi connectivity index (χ0) is 52.9. The highest BCUT2D eigenvalue weighted by molar-refractivity contribution is 5.76. The Morgan fingerprint density at radius 3 is 1.07 bits per heavy atom. The topological polar surface area (TPSA) is 149 Å². The van der Waals surface area contributed by atoms with Crippen LogP contribution in [0.5, 0.6) is 0 Å². The monoisotopic (exact) mass is 1040 g/mol. The number of ether oxygens (including phenoxy) is 2. The van der Waals surface area contributed by atoms with Crippen molar-refractivity contribution in [2.45, 2.75) is 378 Å². The van der Waals surface area contributed by atoms with Gasteiger partial charge in [-0.05, 0) is 19.3 Å². The van der Waals surface area contributed by atoms with Crippen LogP contribution in [0.2, 0.25) is 0 Å². The molecule has 0 aliphatic carbocycles. The minimum atomic E-state index is -1.56. The predicted octanol–water partition coefficient (Wildman–Crippen LogP) is 16.7. The van der Waals surface area contributed by atoms with Crippen LogP contribution in [0.1, 0.15) is 335 Å². The highest BCUT2D eigenvalue weighted by atomic mass is 16.7. The van der Waals surface area contributed by atoms with Crippen molar-refractivity contribution in [2.24, 2.45) is 0 Å². The van der Waals surface area contributed by atoms with Gasteiger partial charge in [-0.2, -0.15) is 0 Å². The third-order valence-electron chi connectivity index (χ3n) is 15.9. The summed E-state index contributed by atoms with van der Waals surface area (Å²) in [6, 6.07) is -0.801. The Hall–Kier alpha value is -1.07. The second kappa shape index (κ2) is 54.3. The number of nitrogens with one attached hydrogen (secondary N) is 1. The average molecular weight is 1040 g/mol. The first-order valence-electron chi connectivity index (χ1n) is 32.4. The van der Waals surface area contributed by atoms with E-state index in [4.69, 9.17) is 9.47 Å². The first-order chi connectivity index (χ1) is 35.8. The molecule has 73 heavy (non-hydrogen) atoms. The van der Waals surface area contributed by atoms with Crippen LogP contribution < -0.4 is 5.32 Å². The second-order valence-electron chi connectivity index (χ2n) is 22.9. The second-order valence-corrected chi connectivity index (χ2v) is 22.9. The number of carbonyl (C=O) groups is 1. The molecule has 9 nitrogen and oxygen atoms in total. The summed E-state index contributed by atoms with van der Waals surface area (Å²) in [4.78, 5) is 13.1. The summed E-state index contributed by atoms with van der Waals surface area (Å²) in [5, 5.41) is 54.6. The van der Waals surface area contributed by atoms with Gasteiger partial charge < -0.3 is 40.3 Å². The van der Waals surface area contributed by atoms with E-state index in [0.29, 0.717) is 6.42 Å². The highest BCUT2D eigenvalue weighted by Crippen LogP contribution is 2.23. The van der Waals surface area contributed by atoms with Crippen LogP contribution in [0.25, 0.3) is 0 Å². The lowest BCUT2D eigenvalue weighted by atomic mass is 9.99. The van der Waals surface area contributed by atoms with Crippen molar-refractivity contribution < 1.29 is 39.8 Å². The van der Waals surface area contributed by atoms with Gasteiger partial charge in [0.2, 0.25) is 5.91 Å². The molecule has 7 unspecified atom stereocenters. The van der Waals surface area contributed by atoms with Gasteiger partial charge in [-0.1, -0.05) is 321 Å². The first-order valence-corrected chi connectivity index (χ1v) is 32.4. The predicted molar refractivity (Wildman–Crippen MR) is 309 cm³/mol. The number of amides is 1. The molecule has 6 N–H and O–H groups in total. The molecule has 0 aromatic rings. The minimum Gasteiger partial charge on any atom is -0.394 e. The number of hydrogen-bond donors (Lipinski definition) is 6. The Kier molecular flexibility index (Phi) is 52.0. The number of allylic oxidation sites excluding steroid dienone is 1.